The third-order valence-corrected chi connectivity index (χ3v) is 4.36. The van der Waals surface area contributed by atoms with E-state index in [9.17, 15) is 4.79 Å². The molecule has 0 spiro atoms. The molecule has 0 aromatic carbocycles. The van der Waals surface area contributed by atoms with Crippen LogP contribution in [0.25, 0.3) is 0 Å². The van der Waals surface area contributed by atoms with Crippen molar-refractivity contribution in [2.75, 3.05) is 6.54 Å². The zero-order chi connectivity index (χ0) is 14.0. The molecule has 0 radical (unpaired) electrons. The van der Waals surface area contributed by atoms with Crippen molar-refractivity contribution < 1.29 is 9.90 Å². The second kappa shape index (κ2) is 6.05. The summed E-state index contributed by atoms with van der Waals surface area (Å²) in [6.07, 6.45) is 3.08. The minimum absolute atomic E-state index is 0.105. The van der Waals surface area contributed by atoms with Crippen LogP contribution in [-0.4, -0.2) is 38.3 Å². The van der Waals surface area contributed by atoms with Crippen molar-refractivity contribution in [1.82, 2.24) is 14.7 Å². The van der Waals surface area contributed by atoms with E-state index >= 15 is 0 Å². The number of carboxylic acids is 1. The monoisotopic (exact) mass is 329 g/mol. The molecule has 0 aliphatic heterocycles. The molecule has 1 heterocycles. The van der Waals surface area contributed by atoms with Crippen LogP contribution in [0.15, 0.2) is 4.47 Å². The highest BCUT2D eigenvalue weighted by atomic mass is 79.9. The van der Waals surface area contributed by atoms with Gasteiger partial charge >= 0.3 is 5.97 Å². The number of aliphatic carboxylic acids is 1. The van der Waals surface area contributed by atoms with E-state index in [1.54, 1.807) is 0 Å². The molecule has 1 saturated carbocycles. The molecule has 6 heteroatoms. The van der Waals surface area contributed by atoms with Gasteiger partial charge in [0.05, 0.1) is 22.4 Å². The average molecular weight is 330 g/mol. The zero-order valence-corrected chi connectivity index (χ0v) is 13.0. The minimum atomic E-state index is -0.763. The van der Waals surface area contributed by atoms with Crippen molar-refractivity contribution >= 4 is 21.9 Å². The van der Waals surface area contributed by atoms with E-state index in [-0.39, 0.29) is 6.54 Å². The van der Waals surface area contributed by atoms with Gasteiger partial charge in [-0.15, -0.1) is 0 Å². The Balaban J connectivity index is 2.20. The van der Waals surface area contributed by atoms with Gasteiger partial charge in [0.2, 0.25) is 0 Å². The largest absolute Gasteiger partial charge is 0.480 e. The van der Waals surface area contributed by atoms with Gasteiger partial charge in [-0.2, -0.15) is 5.10 Å². The van der Waals surface area contributed by atoms with Crippen LogP contribution in [0.5, 0.6) is 0 Å². The highest BCUT2D eigenvalue weighted by Gasteiger charge is 2.31. The van der Waals surface area contributed by atoms with Crippen molar-refractivity contribution in [1.29, 1.82) is 0 Å². The molecular formula is C13H20BrN3O2. The summed E-state index contributed by atoms with van der Waals surface area (Å²) >= 11 is 3.61. The summed E-state index contributed by atoms with van der Waals surface area (Å²) in [4.78, 5) is 13.0. The second-order valence-corrected chi connectivity index (χ2v) is 5.70. The predicted molar refractivity (Wildman–Crippen MR) is 76.0 cm³/mol. The lowest BCUT2D eigenvalue weighted by molar-refractivity contribution is -0.138. The second-order valence-electron chi connectivity index (χ2n) is 4.91. The summed E-state index contributed by atoms with van der Waals surface area (Å²) in [7, 11) is 0. The molecule has 0 bridgehead atoms. The maximum absolute atomic E-state index is 11.0. The first-order chi connectivity index (χ1) is 9.06. The number of nitrogens with zero attached hydrogens (tertiary/aromatic N) is 3. The quantitative estimate of drug-likeness (QED) is 0.833. The van der Waals surface area contributed by atoms with Gasteiger partial charge in [-0.1, -0.05) is 6.92 Å². The van der Waals surface area contributed by atoms with Gasteiger partial charge in [0, 0.05) is 19.1 Å². The smallest absolute Gasteiger partial charge is 0.317 e. The number of carbonyl (C=O) groups is 1. The van der Waals surface area contributed by atoms with Crippen molar-refractivity contribution in [2.24, 2.45) is 0 Å². The standard InChI is InChI=1S/C13H20BrN3O2/c1-3-10-13(14)11(17(4-2)15-10)7-16(8-12(18)19)9-5-6-9/h9H,3-8H2,1-2H3,(H,18,19). The van der Waals surface area contributed by atoms with Crippen LogP contribution in [0, 0.1) is 0 Å². The van der Waals surface area contributed by atoms with Gasteiger partial charge in [0.1, 0.15) is 0 Å². The van der Waals surface area contributed by atoms with Crippen LogP contribution in [0.3, 0.4) is 0 Å². The van der Waals surface area contributed by atoms with Gasteiger partial charge in [-0.05, 0) is 42.1 Å². The Labute approximate surface area is 121 Å². The molecule has 19 heavy (non-hydrogen) atoms. The molecule has 106 valence electrons. The van der Waals surface area contributed by atoms with Crippen LogP contribution in [0.4, 0.5) is 0 Å². The fourth-order valence-electron chi connectivity index (χ4n) is 2.29. The highest BCUT2D eigenvalue weighted by Crippen LogP contribution is 2.30. The highest BCUT2D eigenvalue weighted by molar-refractivity contribution is 9.10. The van der Waals surface area contributed by atoms with E-state index in [1.807, 2.05) is 9.58 Å². The van der Waals surface area contributed by atoms with E-state index in [1.165, 1.54) is 0 Å². The Morgan fingerprint density at radius 3 is 2.68 bits per heavy atom. The topological polar surface area (TPSA) is 58.4 Å². The maximum atomic E-state index is 11.0. The summed E-state index contributed by atoms with van der Waals surface area (Å²) in [5.74, 6) is -0.763. The molecule has 1 N–H and O–H groups in total. The number of halogens is 1. The van der Waals surface area contributed by atoms with Crippen LogP contribution < -0.4 is 0 Å². The number of carboxylic acid groups (broad SMARTS) is 1. The lowest BCUT2D eigenvalue weighted by Gasteiger charge is -2.20. The SMILES string of the molecule is CCc1nn(CC)c(CN(CC(=O)O)C2CC2)c1Br. The maximum Gasteiger partial charge on any atom is 0.317 e. The lowest BCUT2D eigenvalue weighted by Crippen LogP contribution is -2.32. The fraction of sp³-hybridized carbons (Fsp3) is 0.692. The Hall–Kier alpha value is -0.880. The van der Waals surface area contributed by atoms with Crippen molar-refractivity contribution in [3.05, 3.63) is 15.9 Å². The lowest BCUT2D eigenvalue weighted by atomic mass is 10.3. The summed E-state index contributed by atoms with van der Waals surface area (Å²) in [6, 6.07) is 0.424. The van der Waals surface area contributed by atoms with Crippen molar-refractivity contribution in [3.63, 3.8) is 0 Å². The Morgan fingerprint density at radius 1 is 1.53 bits per heavy atom. The van der Waals surface area contributed by atoms with Crippen LogP contribution in [0.1, 0.15) is 38.1 Å². The third-order valence-electron chi connectivity index (χ3n) is 3.45. The molecule has 2 rings (SSSR count). The first-order valence-corrected chi connectivity index (χ1v) is 7.56. The van der Waals surface area contributed by atoms with Crippen molar-refractivity contribution in [3.8, 4) is 0 Å². The normalized spacial score (nSPS) is 15.2. The summed E-state index contributed by atoms with van der Waals surface area (Å²) in [6.45, 7) is 5.69. The fourth-order valence-corrected chi connectivity index (χ4v) is 2.98. The Bertz CT molecular complexity index is 469. The summed E-state index contributed by atoms with van der Waals surface area (Å²) in [5.41, 5.74) is 2.13. The molecule has 0 unspecified atom stereocenters. The van der Waals surface area contributed by atoms with Gasteiger partial charge in [-0.3, -0.25) is 14.4 Å². The Morgan fingerprint density at radius 2 is 2.21 bits per heavy atom. The van der Waals surface area contributed by atoms with E-state index in [0.29, 0.717) is 12.6 Å². The first-order valence-electron chi connectivity index (χ1n) is 6.76. The van der Waals surface area contributed by atoms with Gasteiger partial charge in [0.15, 0.2) is 0 Å². The summed E-state index contributed by atoms with van der Waals surface area (Å²) < 4.78 is 3.01. The predicted octanol–water partition coefficient (Wildman–Crippen LogP) is 2.28. The molecule has 1 aliphatic carbocycles. The number of rotatable bonds is 7. The molecule has 5 nitrogen and oxygen atoms in total. The van der Waals surface area contributed by atoms with E-state index in [0.717, 1.165) is 41.7 Å². The van der Waals surface area contributed by atoms with Gasteiger partial charge in [0.25, 0.3) is 0 Å². The van der Waals surface area contributed by atoms with E-state index < -0.39 is 5.97 Å². The number of hydrogen-bond donors (Lipinski definition) is 1. The van der Waals surface area contributed by atoms with Crippen molar-refractivity contribution in [2.45, 2.75) is 52.2 Å². The van der Waals surface area contributed by atoms with Gasteiger partial charge in [-0.25, -0.2) is 0 Å². The zero-order valence-electron chi connectivity index (χ0n) is 11.4. The molecule has 1 aromatic rings. The molecule has 0 saturated heterocycles. The minimum Gasteiger partial charge on any atom is -0.480 e. The Kier molecular flexibility index (Phi) is 4.62. The van der Waals surface area contributed by atoms with Crippen LogP contribution in [0.2, 0.25) is 0 Å². The molecule has 1 aliphatic rings. The first kappa shape index (κ1) is 14.5. The third kappa shape index (κ3) is 3.36. The molecule has 1 fully saturated rings. The number of hydrogen-bond acceptors (Lipinski definition) is 3. The van der Waals surface area contributed by atoms with E-state index in [4.69, 9.17) is 5.11 Å². The van der Waals surface area contributed by atoms with Crippen LogP contribution in [-0.2, 0) is 24.3 Å². The van der Waals surface area contributed by atoms with E-state index in [2.05, 4.69) is 34.9 Å². The number of aromatic nitrogens is 2. The van der Waals surface area contributed by atoms with Crippen LogP contribution >= 0.6 is 15.9 Å². The number of aryl methyl sites for hydroxylation is 2. The van der Waals surface area contributed by atoms with Gasteiger partial charge < -0.3 is 5.11 Å². The average Bonchev–Trinajstić information content (AvgIpc) is 3.16. The molecular weight excluding hydrogens is 310 g/mol. The molecule has 0 amide bonds. The summed E-state index contributed by atoms with van der Waals surface area (Å²) in [5, 5.41) is 13.6. The molecule has 1 aromatic heterocycles. The molecule has 0 atom stereocenters.